The lowest BCUT2D eigenvalue weighted by atomic mass is 9.79. The third-order valence-corrected chi connectivity index (χ3v) is 7.66. The molecule has 0 spiro atoms. The van der Waals surface area contributed by atoms with E-state index in [1.807, 2.05) is 34.8 Å². The molecule has 0 radical (unpaired) electrons. The van der Waals surface area contributed by atoms with E-state index < -0.39 is 0 Å². The van der Waals surface area contributed by atoms with Crippen molar-refractivity contribution in [2.45, 2.75) is 25.7 Å². The summed E-state index contributed by atoms with van der Waals surface area (Å²) >= 11 is 3.92. The molecule has 0 amide bonds. The standard InChI is InChI=1S/C24H20S2/c1-3-5-7-17-13-15-9-11-19-21(23(15)25-17)20-12-10-16-14-18(8-6-4-2)26-24(16)22(19)20/h3-4,9-14H,1-2,5-8H2. The number of allylic oxidation sites excluding steroid dienone is 2. The smallest absolute Gasteiger partial charge is 0.0430 e. The SMILES string of the molecule is C=CCCc1cc2ccc3c(c2s1)-c1ccc2cc(CCC=C)sc2c1-3. The van der Waals surface area contributed by atoms with Gasteiger partial charge >= 0.3 is 0 Å². The summed E-state index contributed by atoms with van der Waals surface area (Å²) in [5.74, 6) is 0. The van der Waals surface area contributed by atoms with Crippen molar-refractivity contribution >= 4 is 42.8 Å². The highest BCUT2D eigenvalue weighted by Crippen LogP contribution is 2.56. The highest BCUT2D eigenvalue weighted by Gasteiger charge is 2.28. The normalized spacial score (nSPS) is 12.0. The van der Waals surface area contributed by atoms with E-state index in [9.17, 15) is 0 Å². The molecule has 2 heterocycles. The Kier molecular flexibility index (Phi) is 3.84. The van der Waals surface area contributed by atoms with Gasteiger partial charge < -0.3 is 0 Å². The van der Waals surface area contributed by atoms with Crippen LogP contribution in [0.3, 0.4) is 0 Å². The van der Waals surface area contributed by atoms with Crippen LogP contribution < -0.4 is 0 Å². The van der Waals surface area contributed by atoms with E-state index in [0.717, 1.165) is 25.7 Å². The molecule has 26 heavy (non-hydrogen) atoms. The fourth-order valence-electron chi connectivity index (χ4n) is 3.94. The first-order valence-corrected chi connectivity index (χ1v) is 10.8. The molecule has 0 N–H and O–H groups in total. The van der Waals surface area contributed by atoms with Crippen LogP contribution in [0, 0.1) is 0 Å². The lowest BCUT2D eigenvalue weighted by molar-refractivity contribution is 1.03. The number of benzene rings is 2. The molecule has 4 aromatic rings. The largest absolute Gasteiger partial charge is 0.140 e. The molecule has 2 aromatic heterocycles. The summed E-state index contributed by atoms with van der Waals surface area (Å²) in [6.45, 7) is 7.70. The van der Waals surface area contributed by atoms with Crippen LogP contribution in [0.1, 0.15) is 22.6 Å². The number of hydrogen-bond donors (Lipinski definition) is 0. The van der Waals surface area contributed by atoms with Gasteiger partial charge in [-0.3, -0.25) is 0 Å². The Hall–Kier alpha value is -2.16. The van der Waals surface area contributed by atoms with Crippen LogP contribution in [0.4, 0.5) is 0 Å². The molecule has 2 aromatic carbocycles. The quantitative estimate of drug-likeness (QED) is 0.265. The summed E-state index contributed by atoms with van der Waals surface area (Å²) in [7, 11) is 0. The maximum absolute atomic E-state index is 3.85. The predicted molar refractivity (Wildman–Crippen MR) is 119 cm³/mol. The van der Waals surface area contributed by atoms with Gasteiger partial charge in [0.25, 0.3) is 0 Å². The molecule has 1 aliphatic carbocycles. The van der Waals surface area contributed by atoms with E-state index in [4.69, 9.17) is 0 Å². The highest BCUT2D eigenvalue weighted by molar-refractivity contribution is 7.20. The average molecular weight is 373 g/mol. The van der Waals surface area contributed by atoms with Gasteiger partial charge in [-0.2, -0.15) is 0 Å². The van der Waals surface area contributed by atoms with Crippen molar-refractivity contribution in [2.75, 3.05) is 0 Å². The molecule has 0 bridgehead atoms. The molecular formula is C24H20S2. The summed E-state index contributed by atoms with van der Waals surface area (Å²) < 4.78 is 2.91. The zero-order valence-electron chi connectivity index (χ0n) is 14.7. The number of hydrogen-bond acceptors (Lipinski definition) is 2. The van der Waals surface area contributed by atoms with Crippen LogP contribution in [-0.2, 0) is 12.8 Å². The third kappa shape index (κ3) is 2.33. The monoisotopic (exact) mass is 372 g/mol. The molecule has 5 rings (SSSR count). The molecular weight excluding hydrogens is 352 g/mol. The zero-order chi connectivity index (χ0) is 17.7. The molecule has 0 saturated heterocycles. The second-order valence-corrected chi connectivity index (χ2v) is 9.17. The van der Waals surface area contributed by atoms with E-state index in [2.05, 4.69) is 49.6 Å². The van der Waals surface area contributed by atoms with Gasteiger partial charge in [0, 0.05) is 30.3 Å². The van der Waals surface area contributed by atoms with E-state index in [0.29, 0.717) is 0 Å². The lowest BCUT2D eigenvalue weighted by Crippen LogP contribution is -1.98. The summed E-state index contributed by atoms with van der Waals surface area (Å²) in [5.41, 5.74) is 5.81. The average Bonchev–Trinajstić information content (AvgIpc) is 3.22. The highest BCUT2D eigenvalue weighted by atomic mass is 32.1. The van der Waals surface area contributed by atoms with Gasteiger partial charge in [-0.1, -0.05) is 36.4 Å². The Morgan fingerprint density at radius 2 is 1.15 bits per heavy atom. The molecule has 0 aliphatic heterocycles. The molecule has 0 fully saturated rings. The Bertz CT molecular complexity index is 1060. The van der Waals surface area contributed by atoms with Gasteiger partial charge in [-0.15, -0.1) is 35.8 Å². The second kappa shape index (κ2) is 6.22. The minimum absolute atomic E-state index is 1.05. The topological polar surface area (TPSA) is 0 Å². The minimum Gasteiger partial charge on any atom is -0.140 e. The first-order valence-electron chi connectivity index (χ1n) is 9.13. The van der Waals surface area contributed by atoms with Crippen LogP contribution in [0.5, 0.6) is 0 Å². The van der Waals surface area contributed by atoms with Crippen molar-refractivity contribution in [3.8, 4) is 22.3 Å². The summed E-state index contributed by atoms with van der Waals surface area (Å²) in [6.07, 6.45) is 8.32. The minimum atomic E-state index is 1.05. The van der Waals surface area contributed by atoms with Gasteiger partial charge in [0.15, 0.2) is 0 Å². The zero-order valence-corrected chi connectivity index (χ0v) is 16.3. The molecule has 0 nitrogen and oxygen atoms in total. The van der Waals surface area contributed by atoms with E-state index in [1.54, 1.807) is 0 Å². The lowest BCUT2D eigenvalue weighted by Gasteiger charge is -2.25. The fraction of sp³-hybridized carbons (Fsp3) is 0.167. The number of rotatable bonds is 6. The van der Waals surface area contributed by atoms with Gasteiger partial charge in [-0.25, -0.2) is 0 Å². The maximum atomic E-state index is 3.85. The fourth-order valence-corrected chi connectivity index (χ4v) is 6.41. The Balaban J connectivity index is 1.62. The number of aryl methyl sites for hydroxylation is 2. The summed E-state index contributed by atoms with van der Waals surface area (Å²) in [4.78, 5) is 2.93. The van der Waals surface area contributed by atoms with E-state index >= 15 is 0 Å². The Morgan fingerprint density at radius 3 is 1.58 bits per heavy atom. The molecule has 0 atom stereocenters. The van der Waals surface area contributed by atoms with Crippen LogP contribution in [0.2, 0.25) is 0 Å². The van der Waals surface area contributed by atoms with Gasteiger partial charge in [0.2, 0.25) is 0 Å². The van der Waals surface area contributed by atoms with Crippen molar-refractivity contribution in [1.29, 1.82) is 0 Å². The van der Waals surface area contributed by atoms with Crippen LogP contribution in [0.25, 0.3) is 42.4 Å². The van der Waals surface area contributed by atoms with Crippen LogP contribution in [-0.4, -0.2) is 0 Å². The molecule has 0 saturated carbocycles. The number of fused-ring (bicyclic) bond motifs is 8. The molecule has 2 heteroatoms. The first kappa shape index (κ1) is 16.0. The van der Waals surface area contributed by atoms with E-state index in [-0.39, 0.29) is 0 Å². The Labute approximate surface area is 162 Å². The van der Waals surface area contributed by atoms with Gasteiger partial charge in [0.1, 0.15) is 0 Å². The Morgan fingerprint density at radius 1 is 0.692 bits per heavy atom. The number of thiophene rings is 2. The van der Waals surface area contributed by atoms with Crippen molar-refractivity contribution in [1.82, 2.24) is 0 Å². The van der Waals surface area contributed by atoms with Crippen molar-refractivity contribution in [3.63, 3.8) is 0 Å². The van der Waals surface area contributed by atoms with Crippen LogP contribution in [0.15, 0.2) is 61.7 Å². The molecule has 0 unspecified atom stereocenters. The third-order valence-electron chi connectivity index (χ3n) is 5.20. The molecule has 1 aliphatic rings. The van der Waals surface area contributed by atoms with E-state index in [1.165, 1.54) is 52.2 Å². The maximum Gasteiger partial charge on any atom is 0.0430 e. The van der Waals surface area contributed by atoms with Crippen LogP contribution >= 0.6 is 22.7 Å². The van der Waals surface area contributed by atoms with Crippen molar-refractivity contribution < 1.29 is 0 Å². The first-order chi connectivity index (χ1) is 12.8. The predicted octanol–water partition coefficient (Wildman–Crippen LogP) is 8.00. The van der Waals surface area contributed by atoms with Crippen molar-refractivity contribution in [3.05, 3.63) is 71.5 Å². The van der Waals surface area contributed by atoms with Crippen molar-refractivity contribution in [2.24, 2.45) is 0 Å². The second-order valence-electron chi connectivity index (χ2n) is 6.89. The summed E-state index contributed by atoms with van der Waals surface area (Å²) in [6, 6.07) is 14.0. The summed E-state index contributed by atoms with van der Waals surface area (Å²) in [5, 5.41) is 2.77. The van der Waals surface area contributed by atoms with Gasteiger partial charge in [-0.05, 0) is 59.7 Å². The van der Waals surface area contributed by atoms with Gasteiger partial charge in [0.05, 0.1) is 0 Å². The molecule has 128 valence electrons.